The zero-order valence-corrected chi connectivity index (χ0v) is 11.0. The molecule has 0 radical (unpaired) electrons. The second-order valence-corrected chi connectivity index (χ2v) is 4.03. The van der Waals surface area contributed by atoms with Crippen LogP contribution in [0.15, 0.2) is 33.9 Å². The van der Waals surface area contributed by atoms with E-state index < -0.39 is 17.5 Å². The summed E-state index contributed by atoms with van der Waals surface area (Å²) in [6.07, 6.45) is 2.94. The first kappa shape index (κ1) is 15.4. The van der Waals surface area contributed by atoms with Crippen LogP contribution in [0.3, 0.4) is 0 Å². The number of esters is 1. The van der Waals surface area contributed by atoms with Crippen molar-refractivity contribution in [3.63, 3.8) is 0 Å². The Morgan fingerprint density at radius 2 is 1.71 bits per heavy atom. The van der Waals surface area contributed by atoms with E-state index in [0.717, 1.165) is 12.7 Å². The Hall–Kier alpha value is -1.55. The van der Waals surface area contributed by atoms with Crippen LogP contribution in [0.25, 0.3) is 0 Å². The molecule has 0 spiro atoms. The quantitative estimate of drug-likeness (QED) is 0.277. The summed E-state index contributed by atoms with van der Waals surface area (Å²) in [6.45, 7) is 5.19. The molecule has 0 saturated heterocycles. The van der Waals surface area contributed by atoms with Crippen molar-refractivity contribution >= 4 is 23.5 Å². The zero-order chi connectivity index (χ0) is 13.6. The molecule has 4 nitrogen and oxygen atoms in total. The van der Waals surface area contributed by atoms with Gasteiger partial charge < -0.3 is 9.84 Å². The minimum Gasteiger partial charge on any atom is -0.477 e. The number of allylic oxidation sites excluding steroid dienone is 5. The molecule has 0 rings (SSSR count). The summed E-state index contributed by atoms with van der Waals surface area (Å²) in [5.74, 6) is -2.21. The number of methoxy groups -OCH3 is 1. The summed E-state index contributed by atoms with van der Waals surface area (Å²) in [4.78, 5) is 22.0. The molecule has 0 unspecified atom stereocenters. The molecule has 0 aliphatic rings. The van der Waals surface area contributed by atoms with Crippen LogP contribution in [0.4, 0.5) is 0 Å². The van der Waals surface area contributed by atoms with Crippen molar-refractivity contribution in [1.82, 2.24) is 0 Å². The van der Waals surface area contributed by atoms with Gasteiger partial charge in [-0.15, -0.1) is 0 Å². The van der Waals surface area contributed by atoms with Crippen LogP contribution in [-0.2, 0) is 14.3 Å². The molecule has 0 bridgehead atoms. The molecule has 0 atom stereocenters. The van der Waals surface area contributed by atoms with Crippen molar-refractivity contribution in [2.24, 2.45) is 0 Å². The minimum absolute atomic E-state index is 0.415. The van der Waals surface area contributed by atoms with Crippen LogP contribution in [-0.4, -0.2) is 24.2 Å². The van der Waals surface area contributed by atoms with E-state index in [1.54, 1.807) is 26.8 Å². The number of hydrogen-bond acceptors (Lipinski definition) is 3. The number of carbonyl (C=O) groups excluding carboxylic acids is 1. The molecule has 0 heterocycles. The van der Waals surface area contributed by atoms with E-state index in [0.29, 0.717) is 10.6 Å². The summed E-state index contributed by atoms with van der Waals surface area (Å²) in [7, 11) is 1.13. The van der Waals surface area contributed by atoms with E-state index >= 15 is 0 Å². The first-order valence-electron chi connectivity index (χ1n) is 4.84. The van der Waals surface area contributed by atoms with Gasteiger partial charge in [0.25, 0.3) is 0 Å². The van der Waals surface area contributed by atoms with Crippen molar-refractivity contribution in [3.8, 4) is 0 Å². The van der Waals surface area contributed by atoms with Gasteiger partial charge in [0.2, 0.25) is 0 Å². The van der Waals surface area contributed by atoms with E-state index in [9.17, 15) is 9.59 Å². The molecule has 0 aliphatic carbocycles. The van der Waals surface area contributed by atoms with Gasteiger partial charge in [0.1, 0.15) is 5.57 Å². The van der Waals surface area contributed by atoms with Gasteiger partial charge in [-0.25, -0.2) is 9.59 Å². The fourth-order valence-corrected chi connectivity index (χ4v) is 1.08. The van der Waals surface area contributed by atoms with Gasteiger partial charge in [-0.05, 0) is 38.0 Å². The van der Waals surface area contributed by atoms with E-state index in [1.807, 2.05) is 0 Å². The Morgan fingerprint density at radius 3 is 2.06 bits per heavy atom. The van der Waals surface area contributed by atoms with Crippen molar-refractivity contribution < 1.29 is 19.4 Å². The SMILES string of the molecule is COC(=O)\C(=C/C(C)=C/C(C)=C(\C)Cl)C(=O)O. The summed E-state index contributed by atoms with van der Waals surface area (Å²) < 4.78 is 4.37. The molecule has 0 fully saturated rings. The molecular formula is C12H15ClO4. The summed E-state index contributed by atoms with van der Waals surface area (Å²) >= 11 is 5.77. The highest BCUT2D eigenvalue weighted by Crippen LogP contribution is 2.13. The van der Waals surface area contributed by atoms with Gasteiger partial charge in [0, 0.05) is 5.03 Å². The van der Waals surface area contributed by atoms with Crippen LogP contribution in [0.2, 0.25) is 0 Å². The van der Waals surface area contributed by atoms with Crippen molar-refractivity contribution in [2.75, 3.05) is 7.11 Å². The number of carboxylic acids is 1. The predicted molar refractivity (Wildman–Crippen MR) is 65.7 cm³/mol. The lowest BCUT2D eigenvalue weighted by molar-refractivity contribution is -0.142. The van der Waals surface area contributed by atoms with E-state index in [4.69, 9.17) is 16.7 Å². The average molecular weight is 259 g/mol. The summed E-state index contributed by atoms with van der Waals surface area (Å²) in [5, 5.41) is 9.44. The van der Waals surface area contributed by atoms with Crippen LogP contribution < -0.4 is 0 Å². The molecule has 0 amide bonds. The molecule has 0 aromatic rings. The molecule has 5 heteroatoms. The summed E-state index contributed by atoms with van der Waals surface area (Å²) in [6, 6.07) is 0. The van der Waals surface area contributed by atoms with E-state index in [1.165, 1.54) is 6.08 Å². The largest absolute Gasteiger partial charge is 0.477 e. The normalized spacial score (nSPS) is 14.2. The highest BCUT2D eigenvalue weighted by molar-refractivity contribution is 6.29. The van der Waals surface area contributed by atoms with Gasteiger partial charge in [-0.2, -0.15) is 0 Å². The first-order chi connectivity index (χ1) is 7.79. The number of ether oxygens (including phenoxy) is 1. The second kappa shape index (κ2) is 6.91. The first-order valence-corrected chi connectivity index (χ1v) is 5.22. The maximum Gasteiger partial charge on any atom is 0.345 e. The number of carboxylic acid groups (broad SMARTS) is 1. The van der Waals surface area contributed by atoms with Crippen molar-refractivity contribution in [2.45, 2.75) is 20.8 Å². The molecule has 17 heavy (non-hydrogen) atoms. The third-order valence-electron chi connectivity index (χ3n) is 2.00. The Bertz CT molecular complexity index is 412. The fraction of sp³-hybridized carbons (Fsp3) is 0.333. The monoisotopic (exact) mass is 258 g/mol. The number of halogens is 1. The number of hydrogen-bond donors (Lipinski definition) is 1. The van der Waals surface area contributed by atoms with Crippen LogP contribution in [0.5, 0.6) is 0 Å². The molecule has 0 aromatic carbocycles. The lowest BCUT2D eigenvalue weighted by Crippen LogP contribution is -2.13. The standard InChI is InChI=1S/C12H15ClO4/c1-7(5-8(2)9(3)13)6-10(11(14)15)12(16)17-4/h5-6H,1-4H3,(H,14,15)/b7-5+,9-8+,10-6-. The van der Waals surface area contributed by atoms with Crippen molar-refractivity contribution in [1.29, 1.82) is 0 Å². The Kier molecular flexibility index (Phi) is 6.28. The van der Waals surface area contributed by atoms with Crippen LogP contribution >= 0.6 is 11.6 Å². The molecule has 0 saturated carbocycles. The predicted octanol–water partition coefficient (Wildman–Crippen LogP) is 2.65. The number of rotatable bonds is 4. The molecule has 94 valence electrons. The molecule has 0 aromatic heterocycles. The van der Waals surface area contributed by atoms with Gasteiger partial charge in [0.05, 0.1) is 7.11 Å². The minimum atomic E-state index is -1.33. The third-order valence-corrected chi connectivity index (χ3v) is 2.29. The highest BCUT2D eigenvalue weighted by atomic mass is 35.5. The molecule has 0 aliphatic heterocycles. The zero-order valence-electron chi connectivity index (χ0n) is 10.2. The Labute approximate surface area is 105 Å². The van der Waals surface area contributed by atoms with E-state index in [-0.39, 0.29) is 0 Å². The molecule has 1 N–H and O–H groups in total. The lowest BCUT2D eigenvalue weighted by atomic mass is 10.1. The van der Waals surface area contributed by atoms with Gasteiger partial charge >= 0.3 is 11.9 Å². The van der Waals surface area contributed by atoms with Crippen LogP contribution in [0, 0.1) is 0 Å². The smallest absolute Gasteiger partial charge is 0.345 e. The Balaban J connectivity index is 5.29. The van der Waals surface area contributed by atoms with Crippen LogP contribution in [0.1, 0.15) is 20.8 Å². The topological polar surface area (TPSA) is 63.6 Å². The number of carbonyl (C=O) groups is 2. The second-order valence-electron chi connectivity index (χ2n) is 3.46. The lowest BCUT2D eigenvalue weighted by Gasteiger charge is -2.01. The van der Waals surface area contributed by atoms with E-state index in [2.05, 4.69) is 4.74 Å². The average Bonchev–Trinajstić information content (AvgIpc) is 2.24. The number of aliphatic carboxylic acids is 1. The van der Waals surface area contributed by atoms with Gasteiger partial charge in [-0.1, -0.05) is 17.7 Å². The van der Waals surface area contributed by atoms with Gasteiger partial charge in [0.15, 0.2) is 0 Å². The third kappa shape index (κ3) is 5.36. The Morgan fingerprint density at radius 1 is 1.18 bits per heavy atom. The highest BCUT2D eigenvalue weighted by Gasteiger charge is 2.17. The maximum atomic E-state index is 11.2. The molecular weight excluding hydrogens is 244 g/mol. The van der Waals surface area contributed by atoms with Gasteiger partial charge in [-0.3, -0.25) is 0 Å². The summed E-state index contributed by atoms with van der Waals surface area (Å²) in [5.41, 5.74) is 0.988. The van der Waals surface area contributed by atoms with Crippen molar-refractivity contribution in [3.05, 3.63) is 33.9 Å². The fourth-order valence-electron chi connectivity index (χ4n) is 1.03. The maximum absolute atomic E-state index is 11.2.